The first-order valence-corrected chi connectivity index (χ1v) is 25.0. The van der Waals surface area contributed by atoms with Gasteiger partial charge in [0, 0.05) is 32.2 Å². The molecule has 0 radical (unpaired) electrons. The number of phenolic OH excluding ortho intramolecular Hbond substituents is 1. The third-order valence-electron chi connectivity index (χ3n) is 12.3. The summed E-state index contributed by atoms with van der Waals surface area (Å²) in [6.07, 6.45) is 3.86. The summed E-state index contributed by atoms with van der Waals surface area (Å²) in [6.45, 7) is 8.92. The van der Waals surface area contributed by atoms with Crippen LogP contribution in [-0.4, -0.2) is 129 Å². The average Bonchev–Trinajstić information content (AvgIpc) is 3.36. The Kier molecular flexibility index (Phi) is 25.5. The van der Waals surface area contributed by atoms with Gasteiger partial charge in [-0.25, -0.2) is 9.59 Å². The number of rotatable bonds is 16. The van der Waals surface area contributed by atoms with Crippen molar-refractivity contribution in [3.05, 3.63) is 101 Å². The molecule has 0 saturated carbocycles. The van der Waals surface area contributed by atoms with Crippen LogP contribution in [0.15, 0.2) is 95.2 Å². The summed E-state index contributed by atoms with van der Waals surface area (Å²) in [5.74, 6) is -12.1. The summed E-state index contributed by atoms with van der Waals surface area (Å²) in [4.78, 5) is 137. The molecule has 1 saturated heterocycles. The molecule has 1 heterocycles. The van der Waals surface area contributed by atoms with E-state index in [9.17, 15) is 63.3 Å². The number of allylic oxidation sites excluding steroid dienone is 3. The normalized spacial score (nSPS) is 23.5. The van der Waals surface area contributed by atoms with Crippen LogP contribution in [0.1, 0.15) is 91.2 Å². The Morgan fingerprint density at radius 2 is 1.39 bits per heavy atom. The number of aliphatic carboxylic acids is 2. The van der Waals surface area contributed by atoms with E-state index in [1.165, 1.54) is 52.0 Å². The highest BCUT2D eigenvalue weighted by Gasteiger charge is 2.34. The quantitative estimate of drug-likeness (QED) is 0.0274. The maximum atomic E-state index is 14.4. The fraction of sp³-hybridized carbons (Fsp3) is 0.453. The molecule has 77 heavy (non-hydrogen) atoms. The molecule has 14 N–H and O–H groups in total. The lowest BCUT2D eigenvalue weighted by Crippen LogP contribution is -2.56. The number of nitrogens with one attached hydrogen (secondary N) is 7. The van der Waals surface area contributed by atoms with Gasteiger partial charge in [0.25, 0.3) is 5.91 Å². The van der Waals surface area contributed by atoms with E-state index in [4.69, 9.17) is 16.2 Å². The van der Waals surface area contributed by atoms with Crippen molar-refractivity contribution in [3.63, 3.8) is 0 Å². The molecule has 7 amide bonds. The molecule has 24 heteroatoms. The Morgan fingerprint density at radius 1 is 0.766 bits per heavy atom. The second-order valence-corrected chi connectivity index (χ2v) is 18.6. The molecule has 1 aliphatic rings. The van der Waals surface area contributed by atoms with Gasteiger partial charge in [0.2, 0.25) is 35.4 Å². The predicted molar refractivity (Wildman–Crippen MR) is 282 cm³/mol. The molecule has 0 aliphatic carbocycles. The number of carboxylic acid groups (broad SMARTS) is 2. The Hall–Kier alpha value is -8.57. The minimum atomic E-state index is -1.93. The first-order chi connectivity index (χ1) is 36.4. The summed E-state index contributed by atoms with van der Waals surface area (Å²) < 4.78 is 5.67. The molecular formula is C53H72N10O14. The molecule has 9 atom stereocenters. The maximum Gasteiger partial charge on any atom is 0.326 e. The number of nitrogens with two attached hydrogens (primary N) is 2. The number of hydrogen-bond acceptors (Lipinski definition) is 13. The van der Waals surface area contributed by atoms with Gasteiger partial charge < -0.3 is 68.7 Å². The number of hydrogen-bond donors (Lipinski definition) is 12. The van der Waals surface area contributed by atoms with E-state index in [-0.39, 0.29) is 55.6 Å². The van der Waals surface area contributed by atoms with Crippen LogP contribution in [-0.2, 0) is 65.5 Å². The number of nitrogens with zero attached hydrogens (tertiary/aromatic N) is 1. The van der Waals surface area contributed by atoms with Crippen molar-refractivity contribution in [1.82, 2.24) is 37.2 Å². The Balaban J connectivity index is 2.11. The molecule has 2 aromatic carbocycles. The van der Waals surface area contributed by atoms with Crippen LogP contribution in [0.3, 0.4) is 0 Å². The zero-order valence-electron chi connectivity index (χ0n) is 44.0. The van der Waals surface area contributed by atoms with Gasteiger partial charge in [-0.2, -0.15) is 0 Å². The molecule has 1 aliphatic heterocycles. The molecule has 0 bridgehead atoms. The number of carboxylic acids is 2. The van der Waals surface area contributed by atoms with Crippen LogP contribution in [0.2, 0.25) is 0 Å². The van der Waals surface area contributed by atoms with Gasteiger partial charge in [-0.1, -0.05) is 86.2 Å². The lowest BCUT2D eigenvalue weighted by atomic mass is 9.94. The zero-order valence-corrected chi connectivity index (χ0v) is 44.0. The summed E-state index contributed by atoms with van der Waals surface area (Å²) in [7, 11) is 0. The number of carbonyl (C=O) groups is 10. The van der Waals surface area contributed by atoms with Crippen LogP contribution in [0.4, 0.5) is 0 Å². The fourth-order valence-corrected chi connectivity index (χ4v) is 7.87. The van der Waals surface area contributed by atoms with Gasteiger partial charge in [0.05, 0.1) is 18.4 Å². The molecule has 0 aromatic heterocycles. The van der Waals surface area contributed by atoms with Gasteiger partial charge >= 0.3 is 17.9 Å². The highest BCUT2D eigenvalue weighted by Crippen LogP contribution is 2.20. The highest BCUT2D eigenvalue weighted by molar-refractivity contribution is 6.00. The molecule has 418 valence electrons. The predicted octanol–water partition coefficient (Wildman–Crippen LogP) is 0.629. The van der Waals surface area contributed by atoms with Gasteiger partial charge in [0.15, 0.2) is 5.96 Å². The lowest BCUT2D eigenvalue weighted by molar-refractivity contribution is -0.148. The van der Waals surface area contributed by atoms with Crippen molar-refractivity contribution in [3.8, 4) is 5.75 Å². The Bertz CT molecular complexity index is 2550. The Labute approximate surface area is 446 Å². The SMILES string of the molecule is CC=C1NC(=O)CC[C@H](C(=O)O)NC(=O)[C@@H](C)[C@H](/C=C/C(C)=C/[C@H](C)[C@H](Cc2ccccc2)OC(C)=O)NC(=O)[C@H](CCCN=C(N)N)NC(=O)C[C@H](C(=O)O)NC(=O)[C@H](CCc2ccc(O)cc2)NC(=O)[C@@H](C)NC1=O. The van der Waals surface area contributed by atoms with Crippen molar-refractivity contribution in [2.75, 3.05) is 6.54 Å². The van der Waals surface area contributed by atoms with Gasteiger partial charge in [0.1, 0.15) is 47.8 Å². The van der Waals surface area contributed by atoms with Gasteiger partial charge in [-0.15, -0.1) is 0 Å². The minimum Gasteiger partial charge on any atom is -0.508 e. The summed E-state index contributed by atoms with van der Waals surface area (Å²) in [6, 6.07) is 6.14. The molecule has 0 spiro atoms. The summed E-state index contributed by atoms with van der Waals surface area (Å²) in [5, 5.41) is 47.4. The van der Waals surface area contributed by atoms with Gasteiger partial charge in [-0.05, 0) is 76.1 Å². The van der Waals surface area contributed by atoms with E-state index < -0.39 is 127 Å². The second kappa shape index (κ2) is 31.3. The van der Waals surface area contributed by atoms with Crippen molar-refractivity contribution in [2.45, 2.75) is 135 Å². The van der Waals surface area contributed by atoms with Crippen molar-refractivity contribution < 1.29 is 68.0 Å². The van der Waals surface area contributed by atoms with E-state index in [0.29, 0.717) is 17.6 Å². The zero-order chi connectivity index (χ0) is 57.4. The van der Waals surface area contributed by atoms with Gasteiger partial charge in [-0.3, -0.25) is 43.3 Å². The first kappa shape index (κ1) is 62.7. The number of aliphatic imine (C=N–C) groups is 1. The first-order valence-electron chi connectivity index (χ1n) is 25.0. The largest absolute Gasteiger partial charge is 0.508 e. The highest BCUT2D eigenvalue weighted by atomic mass is 16.5. The number of aromatic hydroxyl groups is 1. The number of esters is 1. The van der Waals surface area contributed by atoms with E-state index in [2.05, 4.69) is 42.2 Å². The fourth-order valence-electron chi connectivity index (χ4n) is 7.87. The van der Waals surface area contributed by atoms with E-state index >= 15 is 0 Å². The molecular weight excluding hydrogens is 1000 g/mol. The molecule has 3 rings (SSSR count). The topological polar surface area (TPSA) is 389 Å². The molecule has 0 unspecified atom stereocenters. The smallest absolute Gasteiger partial charge is 0.326 e. The van der Waals surface area contributed by atoms with Crippen molar-refractivity contribution in [1.29, 1.82) is 0 Å². The van der Waals surface area contributed by atoms with Crippen LogP contribution in [0.25, 0.3) is 0 Å². The van der Waals surface area contributed by atoms with Crippen LogP contribution in [0.5, 0.6) is 5.75 Å². The number of amides is 7. The van der Waals surface area contributed by atoms with Crippen LogP contribution < -0.4 is 48.7 Å². The summed E-state index contributed by atoms with van der Waals surface area (Å²) in [5.41, 5.74) is 12.8. The van der Waals surface area contributed by atoms with Crippen LogP contribution in [0, 0.1) is 11.8 Å². The lowest BCUT2D eigenvalue weighted by Gasteiger charge is -2.27. The second-order valence-electron chi connectivity index (χ2n) is 18.6. The van der Waals surface area contributed by atoms with E-state index in [1.807, 2.05) is 43.3 Å². The van der Waals surface area contributed by atoms with Crippen molar-refractivity contribution in [2.24, 2.45) is 28.3 Å². The standard InChI is InChI=1S/C53H72N10O14/c1-7-37-48(70)57-32(5)47(69)61-40(22-18-34-16-19-36(65)20-17-34)50(72)63-42(52(75)76)28-45(67)59-39(14-11-25-56-53(54)55)49(71)60-38(31(4)46(68)62-41(51(73)74)23-24-44(66)58-37)21-15-29(2)26-30(3)43(77-33(6)64)27-35-12-9-8-10-13-35/h7-10,12-13,15-17,19-21,26,30-32,38-43,65H,11,14,18,22-25,27-28H2,1-6H3,(H,57,70)(H,58,66)(H,59,67)(H,60,71)(H,61,69)(H,62,68)(H,63,72)(H,73,74)(H,75,76)(H4,54,55,56)/b21-15+,29-26+,37-7?/t30-,31-,32+,38-,39-,40-,41+,42+,43-/m0/s1. The number of phenols is 1. The summed E-state index contributed by atoms with van der Waals surface area (Å²) >= 11 is 0. The molecule has 1 fully saturated rings. The van der Waals surface area contributed by atoms with Crippen molar-refractivity contribution >= 4 is 65.2 Å². The third kappa shape index (κ3) is 22.4. The number of benzene rings is 2. The van der Waals surface area contributed by atoms with E-state index in [1.54, 1.807) is 25.1 Å². The number of guanidine groups is 1. The number of ether oxygens (including phenoxy) is 1. The minimum absolute atomic E-state index is 0.0110. The monoisotopic (exact) mass is 1070 g/mol. The third-order valence-corrected chi connectivity index (χ3v) is 12.3. The Morgan fingerprint density at radius 3 is 2.00 bits per heavy atom. The molecule has 2 aromatic rings. The van der Waals surface area contributed by atoms with E-state index in [0.717, 1.165) is 5.56 Å². The number of carbonyl (C=O) groups excluding carboxylic acids is 8. The van der Waals surface area contributed by atoms with Crippen LogP contribution >= 0.6 is 0 Å². The number of aryl methyl sites for hydroxylation is 1. The molecule has 24 nitrogen and oxygen atoms in total. The average molecular weight is 1070 g/mol. The maximum absolute atomic E-state index is 14.4.